The first kappa shape index (κ1) is 13.1. The van der Waals surface area contributed by atoms with Crippen LogP contribution in [0.15, 0.2) is 30.3 Å². The van der Waals surface area contributed by atoms with Gasteiger partial charge in [0.05, 0.1) is 5.92 Å². The molecule has 3 heteroatoms. The molecule has 0 bridgehead atoms. The molecular weight excluding hydrogens is 224 g/mol. The van der Waals surface area contributed by atoms with Crippen molar-refractivity contribution in [3.63, 3.8) is 0 Å². The molecule has 1 aliphatic rings. The smallest absolute Gasteiger partial charge is 0.224 e. The molecule has 2 unspecified atom stereocenters. The van der Waals surface area contributed by atoms with Crippen LogP contribution in [0.25, 0.3) is 0 Å². The summed E-state index contributed by atoms with van der Waals surface area (Å²) in [6, 6.07) is 10.4. The summed E-state index contributed by atoms with van der Waals surface area (Å²) in [6.45, 7) is 4.71. The lowest BCUT2D eigenvalue weighted by molar-refractivity contribution is -0.124. The molecule has 1 fully saturated rings. The number of nitrogens with one attached hydrogen (secondary N) is 2. The van der Waals surface area contributed by atoms with Gasteiger partial charge in [-0.2, -0.15) is 0 Å². The summed E-state index contributed by atoms with van der Waals surface area (Å²) in [6.07, 6.45) is 2.02. The number of carbonyl (C=O) groups excluding carboxylic acids is 1. The first-order valence-corrected chi connectivity index (χ1v) is 6.84. The first-order chi connectivity index (χ1) is 8.81. The molecule has 18 heavy (non-hydrogen) atoms. The maximum atomic E-state index is 11.9. The molecule has 0 radical (unpaired) electrons. The number of benzene rings is 1. The molecule has 1 amide bonds. The minimum absolute atomic E-state index is 0.165. The van der Waals surface area contributed by atoms with Gasteiger partial charge in [0.25, 0.3) is 0 Å². The van der Waals surface area contributed by atoms with Gasteiger partial charge in [-0.25, -0.2) is 0 Å². The predicted molar refractivity (Wildman–Crippen MR) is 73.5 cm³/mol. The zero-order chi connectivity index (χ0) is 12.8. The van der Waals surface area contributed by atoms with Crippen LogP contribution in [-0.2, 0) is 4.79 Å². The van der Waals surface area contributed by atoms with Gasteiger partial charge in [0.2, 0.25) is 5.91 Å². The maximum Gasteiger partial charge on any atom is 0.224 e. The van der Waals surface area contributed by atoms with Gasteiger partial charge in [-0.05, 0) is 24.9 Å². The Morgan fingerprint density at radius 1 is 1.44 bits per heavy atom. The summed E-state index contributed by atoms with van der Waals surface area (Å²) in [5.41, 5.74) is 1.31. The number of hydrogen-bond donors (Lipinski definition) is 2. The van der Waals surface area contributed by atoms with Gasteiger partial charge in [-0.1, -0.05) is 37.3 Å². The highest BCUT2D eigenvalue weighted by atomic mass is 16.1. The van der Waals surface area contributed by atoms with E-state index in [4.69, 9.17) is 0 Å². The lowest BCUT2D eigenvalue weighted by Gasteiger charge is -2.17. The van der Waals surface area contributed by atoms with Crippen molar-refractivity contribution in [1.29, 1.82) is 0 Å². The molecule has 0 saturated carbocycles. The molecule has 1 aliphatic heterocycles. The van der Waals surface area contributed by atoms with Gasteiger partial charge in [-0.15, -0.1) is 0 Å². The summed E-state index contributed by atoms with van der Waals surface area (Å²) in [7, 11) is 0. The summed E-state index contributed by atoms with van der Waals surface area (Å²) in [5.74, 6) is 0.789. The molecule has 1 saturated heterocycles. The average Bonchev–Trinajstić information content (AvgIpc) is 2.94. The zero-order valence-electron chi connectivity index (χ0n) is 11.0. The average molecular weight is 246 g/mol. The largest absolute Gasteiger partial charge is 0.355 e. The number of hydrogen-bond acceptors (Lipinski definition) is 2. The summed E-state index contributed by atoms with van der Waals surface area (Å²) in [4.78, 5) is 11.9. The van der Waals surface area contributed by atoms with Crippen LogP contribution in [-0.4, -0.2) is 25.5 Å². The standard InChI is InChI=1S/C15H22N2O/c1-2-12(13-6-4-3-5-7-13)11-17-15(18)14-8-9-16-10-14/h3-7,12,14,16H,2,8-11H2,1H3,(H,17,18). The van der Waals surface area contributed by atoms with E-state index in [0.29, 0.717) is 5.92 Å². The van der Waals surface area contributed by atoms with E-state index in [9.17, 15) is 4.79 Å². The SMILES string of the molecule is CCC(CNC(=O)C1CCNC1)c1ccccc1. The van der Waals surface area contributed by atoms with Crippen molar-refractivity contribution in [2.75, 3.05) is 19.6 Å². The molecule has 0 aromatic heterocycles. The van der Waals surface area contributed by atoms with E-state index in [1.165, 1.54) is 5.56 Å². The van der Waals surface area contributed by atoms with E-state index < -0.39 is 0 Å². The Morgan fingerprint density at radius 3 is 2.83 bits per heavy atom. The van der Waals surface area contributed by atoms with Gasteiger partial charge in [-0.3, -0.25) is 4.79 Å². The highest BCUT2D eigenvalue weighted by Crippen LogP contribution is 2.18. The van der Waals surface area contributed by atoms with Crippen molar-refractivity contribution in [3.8, 4) is 0 Å². The Hall–Kier alpha value is -1.35. The second kappa shape index (κ2) is 6.55. The third-order valence-corrected chi connectivity index (χ3v) is 3.72. The van der Waals surface area contributed by atoms with Crippen LogP contribution < -0.4 is 10.6 Å². The minimum atomic E-state index is 0.165. The van der Waals surface area contributed by atoms with Gasteiger partial charge in [0, 0.05) is 19.0 Å². The minimum Gasteiger partial charge on any atom is -0.355 e. The molecule has 2 rings (SSSR count). The van der Waals surface area contributed by atoms with Crippen molar-refractivity contribution in [2.45, 2.75) is 25.7 Å². The molecule has 1 aromatic rings. The molecule has 1 aromatic carbocycles. The van der Waals surface area contributed by atoms with E-state index >= 15 is 0 Å². The number of amides is 1. The van der Waals surface area contributed by atoms with Crippen molar-refractivity contribution in [2.24, 2.45) is 5.92 Å². The quantitative estimate of drug-likeness (QED) is 0.833. The van der Waals surface area contributed by atoms with Crippen molar-refractivity contribution < 1.29 is 4.79 Å². The van der Waals surface area contributed by atoms with Gasteiger partial charge < -0.3 is 10.6 Å². The Morgan fingerprint density at radius 2 is 2.22 bits per heavy atom. The number of carbonyl (C=O) groups is 1. The van der Waals surface area contributed by atoms with Crippen molar-refractivity contribution >= 4 is 5.91 Å². The van der Waals surface area contributed by atoms with Crippen LogP contribution in [0.4, 0.5) is 0 Å². The van der Waals surface area contributed by atoms with E-state index in [1.54, 1.807) is 0 Å². The predicted octanol–water partition coefficient (Wildman–Crippen LogP) is 1.91. The fraction of sp³-hybridized carbons (Fsp3) is 0.533. The lowest BCUT2D eigenvalue weighted by Crippen LogP contribution is -2.34. The highest BCUT2D eigenvalue weighted by Gasteiger charge is 2.22. The van der Waals surface area contributed by atoms with Crippen LogP contribution in [0.1, 0.15) is 31.2 Å². The monoisotopic (exact) mass is 246 g/mol. The topological polar surface area (TPSA) is 41.1 Å². The molecular formula is C15H22N2O. The maximum absolute atomic E-state index is 11.9. The van der Waals surface area contributed by atoms with Crippen LogP contribution >= 0.6 is 0 Å². The van der Waals surface area contributed by atoms with Crippen molar-refractivity contribution in [1.82, 2.24) is 10.6 Å². The number of rotatable bonds is 5. The third-order valence-electron chi connectivity index (χ3n) is 3.72. The zero-order valence-corrected chi connectivity index (χ0v) is 11.0. The van der Waals surface area contributed by atoms with Crippen molar-refractivity contribution in [3.05, 3.63) is 35.9 Å². The van der Waals surface area contributed by atoms with Crippen LogP contribution in [0.2, 0.25) is 0 Å². The normalized spacial score (nSPS) is 20.6. The molecule has 2 atom stereocenters. The summed E-state index contributed by atoms with van der Waals surface area (Å²) < 4.78 is 0. The summed E-state index contributed by atoms with van der Waals surface area (Å²) in [5, 5.41) is 6.32. The van der Waals surface area contributed by atoms with Crippen LogP contribution in [0, 0.1) is 5.92 Å². The molecule has 0 spiro atoms. The van der Waals surface area contributed by atoms with Crippen LogP contribution in [0.3, 0.4) is 0 Å². The molecule has 98 valence electrons. The molecule has 3 nitrogen and oxygen atoms in total. The molecule has 2 N–H and O–H groups in total. The Kier molecular flexibility index (Phi) is 4.76. The van der Waals surface area contributed by atoms with E-state index in [-0.39, 0.29) is 11.8 Å². The first-order valence-electron chi connectivity index (χ1n) is 6.84. The third kappa shape index (κ3) is 3.33. The fourth-order valence-electron chi connectivity index (χ4n) is 2.47. The van der Waals surface area contributed by atoms with E-state index in [1.807, 2.05) is 6.07 Å². The Balaban J connectivity index is 1.85. The second-order valence-corrected chi connectivity index (χ2v) is 4.95. The lowest BCUT2D eigenvalue weighted by atomic mass is 9.96. The second-order valence-electron chi connectivity index (χ2n) is 4.95. The Labute approximate surface area is 109 Å². The van der Waals surface area contributed by atoms with Gasteiger partial charge in [0.1, 0.15) is 0 Å². The van der Waals surface area contributed by atoms with E-state index in [0.717, 1.165) is 32.5 Å². The molecule has 1 heterocycles. The highest BCUT2D eigenvalue weighted by molar-refractivity contribution is 5.79. The Bertz CT molecular complexity index is 371. The summed E-state index contributed by atoms with van der Waals surface area (Å²) >= 11 is 0. The van der Waals surface area contributed by atoms with Crippen LogP contribution in [0.5, 0.6) is 0 Å². The van der Waals surface area contributed by atoms with E-state index in [2.05, 4.69) is 41.8 Å². The fourth-order valence-corrected chi connectivity index (χ4v) is 2.47. The molecule has 0 aliphatic carbocycles. The van der Waals surface area contributed by atoms with Gasteiger partial charge in [0.15, 0.2) is 0 Å². The van der Waals surface area contributed by atoms with Gasteiger partial charge >= 0.3 is 0 Å².